The molecule has 8 heteroatoms. The van der Waals surface area contributed by atoms with Gasteiger partial charge in [-0.3, -0.25) is 14.5 Å². The number of aromatic nitrogens is 1. The number of aryl methyl sites for hydroxylation is 1. The minimum Gasteiger partial charge on any atom is -0.497 e. The van der Waals surface area contributed by atoms with E-state index in [0.29, 0.717) is 16.4 Å². The fraction of sp³-hybridized carbons (Fsp3) is 0.231. The molecule has 0 N–H and O–H groups in total. The van der Waals surface area contributed by atoms with Crippen LogP contribution in [0.5, 0.6) is 17.2 Å². The first kappa shape index (κ1) is 23.5. The first-order valence-electron chi connectivity index (χ1n) is 10.8. The molecule has 1 saturated heterocycles. The summed E-state index contributed by atoms with van der Waals surface area (Å²) in [6.45, 7) is 4.33. The van der Waals surface area contributed by atoms with Crippen molar-refractivity contribution in [3.8, 4) is 22.9 Å². The van der Waals surface area contributed by atoms with Gasteiger partial charge in [-0.05, 0) is 67.6 Å². The first-order chi connectivity index (χ1) is 16.4. The Hall–Kier alpha value is -3.65. The van der Waals surface area contributed by atoms with Crippen molar-refractivity contribution in [3.63, 3.8) is 0 Å². The molecule has 2 amide bonds. The minimum atomic E-state index is -0.315. The summed E-state index contributed by atoms with van der Waals surface area (Å²) in [6.07, 6.45) is 1.78. The van der Waals surface area contributed by atoms with Crippen molar-refractivity contribution >= 4 is 29.0 Å². The number of methoxy groups -OCH3 is 2. The third-order valence-electron chi connectivity index (χ3n) is 5.58. The normalized spacial score (nSPS) is 14.7. The van der Waals surface area contributed by atoms with Gasteiger partial charge in [0, 0.05) is 23.1 Å². The van der Waals surface area contributed by atoms with Gasteiger partial charge in [0.25, 0.3) is 11.1 Å². The van der Waals surface area contributed by atoms with Gasteiger partial charge in [0.1, 0.15) is 12.4 Å². The molecule has 7 nitrogen and oxygen atoms in total. The topological polar surface area (TPSA) is 70.0 Å². The Morgan fingerprint density at radius 1 is 0.941 bits per heavy atom. The maximum absolute atomic E-state index is 13.0. The molecule has 4 rings (SSSR count). The van der Waals surface area contributed by atoms with E-state index < -0.39 is 0 Å². The number of ether oxygens (including phenoxy) is 3. The fourth-order valence-corrected chi connectivity index (χ4v) is 4.76. The Labute approximate surface area is 202 Å². The lowest BCUT2D eigenvalue weighted by Crippen LogP contribution is -2.32. The van der Waals surface area contributed by atoms with Crippen LogP contribution in [0.3, 0.4) is 0 Å². The van der Waals surface area contributed by atoms with Crippen LogP contribution in [0.1, 0.15) is 17.0 Å². The zero-order chi connectivity index (χ0) is 24.2. The van der Waals surface area contributed by atoms with Gasteiger partial charge in [0.2, 0.25) is 0 Å². The van der Waals surface area contributed by atoms with Crippen LogP contribution in [-0.4, -0.2) is 48.0 Å². The fourth-order valence-electron chi connectivity index (χ4n) is 3.90. The second-order valence-corrected chi connectivity index (χ2v) is 8.69. The van der Waals surface area contributed by atoms with Crippen LogP contribution in [0.15, 0.2) is 59.5 Å². The number of benzene rings is 2. The number of imide groups is 1. The highest BCUT2D eigenvalue weighted by molar-refractivity contribution is 8.18. The summed E-state index contributed by atoms with van der Waals surface area (Å²) in [6, 6.07) is 17.1. The van der Waals surface area contributed by atoms with Crippen molar-refractivity contribution in [2.75, 3.05) is 27.4 Å². The summed E-state index contributed by atoms with van der Waals surface area (Å²) in [5, 5.41) is -0.304. The molecule has 0 spiro atoms. The lowest BCUT2D eigenvalue weighted by Gasteiger charge is -2.14. The van der Waals surface area contributed by atoms with Gasteiger partial charge in [0.15, 0.2) is 11.5 Å². The van der Waals surface area contributed by atoms with Crippen LogP contribution in [-0.2, 0) is 4.79 Å². The van der Waals surface area contributed by atoms with Crippen molar-refractivity contribution < 1.29 is 23.8 Å². The molecule has 2 aromatic carbocycles. The van der Waals surface area contributed by atoms with E-state index in [2.05, 4.69) is 4.57 Å². The minimum absolute atomic E-state index is 0.156. The highest BCUT2D eigenvalue weighted by Crippen LogP contribution is 2.34. The van der Waals surface area contributed by atoms with Gasteiger partial charge < -0.3 is 18.8 Å². The Kier molecular flexibility index (Phi) is 6.98. The van der Waals surface area contributed by atoms with Crippen LogP contribution >= 0.6 is 11.8 Å². The molecule has 2 heterocycles. The van der Waals surface area contributed by atoms with Crippen LogP contribution in [0, 0.1) is 13.8 Å². The molecule has 0 atom stereocenters. The molecule has 0 unspecified atom stereocenters. The predicted molar refractivity (Wildman–Crippen MR) is 133 cm³/mol. The Morgan fingerprint density at radius 2 is 1.71 bits per heavy atom. The van der Waals surface area contributed by atoms with Crippen molar-refractivity contribution in [1.82, 2.24) is 9.47 Å². The lowest BCUT2D eigenvalue weighted by molar-refractivity contribution is -0.123. The number of para-hydroxylation sites is 2. The third-order valence-corrected chi connectivity index (χ3v) is 6.49. The van der Waals surface area contributed by atoms with Crippen LogP contribution in [0.25, 0.3) is 11.8 Å². The van der Waals surface area contributed by atoms with Gasteiger partial charge in [-0.1, -0.05) is 18.2 Å². The Morgan fingerprint density at radius 3 is 2.44 bits per heavy atom. The number of amides is 2. The van der Waals surface area contributed by atoms with Gasteiger partial charge in [-0.25, -0.2) is 0 Å². The molecular weight excluding hydrogens is 452 g/mol. The molecule has 0 bridgehead atoms. The van der Waals surface area contributed by atoms with E-state index in [1.807, 2.05) is 56.3 Å². The maximum atomic E-state index is 13.0. The van der Waals surface area contributed by atoms with Crippen molar-refractivity contribution in [2.24, 2.45) is 0 Å². The molecule has 0 aliphatic carbocycles. The van der Waals surface area contributed by atoms with E-state index in [1.165, 1.54) is 4.90 Å². The zero-order valence-electron chi connectivity index (χ0n) is 19.5. The number of nitrogens with zero attached hydrogens (tertiary/aromatic N) is 2. The van der Waals surface area contributed by atoms with E-state index in [-0.39, 0.29) is 24.3 Å². The van der Waals surface area contributed by atoms with Gasteiger partial charge in [-0.15, -0.1) is 0 Å². The van der Waals surface area contributed by atoms with E-state index in [0.717, 1.165) is 40.2 Å². The average molecular weight is 479 g/mol. The Bertz CT molecular complexity index is 1260. The first-order valence-corrected chi connectivity index (χ1v) is 11.6. The summed E-state index contributed by atoms with van der Waals surface area (Å²) >= 11 is 0.945. The summed E-state index contributed by atoms with van der Waals surface area (Å²) in [4.78, 5) is 27.1. The van der Waals surface area contributed by atoms with E-state index >= 15 is 0 Å². The van der Waals surface area contributed by atoms with Crippen molar-refractivity contribution in [2.45, 2.75) is 13.8 Å². The Balaban J connectivity index is 1.50. The molecule has 0 radical (unpaired) electrons. The summed E-state index contributed by atoms with van der Waals surface area (Å²) in [5.41, 5.74) is 3.84. The van der Waals surface area contributed by atoms with Gasteiger partial charge in [0.05, 0.1) is 25.7 Å². The highest BCUT2D eigenvalue weighted by Gasteiger charge is 2.35. The maximum Gasteiger partial charge on any atom is 0.293 e. The predicted octanol–water partition coefficient (Wildman–Crippen LogP) is 5.23. The number of hydrogen-bond donors (Lipinski definition) is 0. The molecule has 1 aliphatic rings. The molecule has 1 fully saturated rings. The van der Waals surface area contributed by atoms with E-state index in [9.17, 15) is 9.59 Å². The zero-order valence-corrected chi connectivity index (χ0v) is 20.3. The second-order valence-electron chi connectivity index (χ2n) is 7.70. The number of thioether (sulfide) groups is 1. The SMILES string of the molecule is COc1cccc(-n2c(C)cc(/C=C3\SC(=O)N(CCOc4ccccc4OC)C3=O)c2C)c1. The highest BCUT2D eigenvalue weighted by atomic mass is 32.2. The molecule has 176 valence electrons. The van der Waals surface area contributed by atoms with Crippen molar-refractivity contribution in [3.05, 3.63) is 76.5 Å². The largest absolute Gasteiger partial charge is 0.497 e. The number of carbonyl (C=O) groups is 2. The molecule has 1 aliphatic heterocycles. The standard InChI is InChI=1S/C26H26N2O5S/c1-17-14-19(18(2)28(17)20-8-7-9-21(16-20)31-3)15-24-25(29)27(26(30)34-24)12-13-33-23-11-6-5-10-22(23)32-4/h5-11,14-16H,12-13H2,1-4H3/b24-15-. The van der Waals surface area contributed by atoms with Crippen LogP contribution in [0.4, 0.5) is 4.79 Å². The van der Waals surface area contributed by atoms with E-state index in [1.54, 1.807) is 32.4 Å². The van der Waals surface area contributed by atoms with Gasteiger partial charge in [-0.2, -0.15) is 0 Å². The molecule has 3 aromatic rings. The second kappa shape index (κ2) is 10.1. The summed E-state index contributed by atoms with van der Waals surface area (Å²) in [7, 11) is 3.20. The average Bonchev–Trinajstić information content (AvgIpc) is 3.28. The molecular formula is C26H26N2O5S. The van der Waals surface area contributed by atoms with Gasteiger partial charge >= 0.3 is 0 Å². The molecule has 1 aromatic heterocycles. The summed E-state index contributed by atoms with van der Waals surface area (Å²) < 4.78 is 18.4. The molecule has 34 heavy (non-hydrogen) atoms. The smallest absolute Gasteiger partial charge is 0.293 e. The number of hydrogen-bond acceptors (Lipinski definition) is 6. The lowest BCUT2D eigenvalue weighted by atomic mass is 10.2. The monoisotopic (exact) mass is 478 g/mol. The van der Waals surface area contributed by atoms with Crippen LogP contribution < -0.4 is 14.2 Å². The third kappa shape index (κ3) is 4.68. The van der Waals surface area contributed by atoms with Crippen LogP contribution in [0.2, 0.25) is 0 Å². The quantitative estimate of drug-likeness (QED) is 0.413. The number of carbonyl (C=O) groups excluding carboxylic acids is 2. The van der Waals surface area contributed by atoms with E-state index in [4.69, 9.17) is 14.2 Å². The number of rotatable bonds is 8. The van der Waals surface area contributed by atoms with Crippen molar-refractivity contribution in [1.29, 1.82) is 0 Å². The summed E-state index contributed by atoms with van der Waals surface area (Å²) in [5.74, 6) is 1.62. The molecule has 0 saturated carbocycles.